The SMILES string of the molecule is O=C(O)[AsH]P. The third-order valence-corrected chi connectivity index (χ3v) is 1.92. The van der Waals surface area contributed by atoms with Crippen LogP contribution in [0.5, 0.6) is 0 Å². The van der Waals surface area contributed by atoms with Gasteiger partial charge in [-0.2, -0.15) is 0 Å². The van der Waals surface area contributed by atoms with E-state index >= 15 is 0 Å². The van der Waals surface area contributed by atoms with E-state index in [1.807, 2.05) is 0 Å². The van der Waals surface area contributed by atoms with Gasteiger partial charge in [0.2, 0.25) is 0 Å². The second-order valence-corrected chi connectivity index (χ2v) is 3.45. The molecule has 0 aliphatic carbocycles. The van der Waals surface area contributed by atoms with Crippen molar-refractivity contribution in [3.8, 4) is 0 Å². The van der Waals surface area contributed by atoms with Gasteiger partial charge in [-0.15, -0.1) is 0 Å². The van der Waals surface area contributed by atoms with Crippen LogP contribution in [0.2, 0.25) is 0 Å². The van der Waals surface area contributed by atoms with Crippen LogP contribution in [-0.2, 0) is 0 Å². The van der Waals surface area contributed by atoms with E-state index in [0.29, 0.717) is 0 Å². The van der Waals surface area contributed by atoms with Crippen LogP contribution in [0, 0.1) is 0 Å². The van der Waals surface area contributed by atoms with E-state index in [-0.39, 0.29) is 0 Å². The number of hydrogen-bond acceptors (Lipinski definition) is 1. The Morgan fingerprint density at radius 3 is 2.20 bits per heavy atom. The topological polar surface area (TPSA) is 37.3 Å². The van der Waals surface area contributed by atoms with Crippen molar-refractivity contribution in [1.82, 2.24) is 0 Å². The van der Waals surface area contributed by atoms with Gasteiger partial charge in [0.1, 0.15) is 0 Å². The Morgan fingerprint density at radius 2 is 2.20 bits per heavy atom. The summed E-state index contributed by atoms with van der Waals surface area (Å²) < 4.78 is -0.657. The van der Waals surface area contributed by atoms with Gasteiger partial charge in [0.05, 0.1) is 0 Å². The van der Waals surface area contributed by atoms with Crippen molar-refractivity contribution in [1.29, 1.82) is 0 Å². The molecule has 0 rings (SSSR count). The molecule has 0 saturated heterocycles. The van der Waals surface area contributed by atoms with Crippen LogP contribution in [-0.4, -0.2) is 25.2 Å². The van der Waals surface area contributed by atoms with Crippen molar-refractivity contribution in [3.63, 3.8) is 0 Å². The molecular formula is CH4AsO2P. The maximum atomic E-state index is 9.40. The molecule has 4 heteroatoms. The molecule has 0 radical (unpaired) electrons. The fraction of sp³-hybridized carbons (Fsp3) is 0. The van der Waals surface area contributed by atoms with Crippen molar-refractivity contribution in [2.24, 2.45) is 0 Å². The monoisotopic (exact) mass is 154 g/mol. The molecule has 0 aromatic carbocycles. The third-order valence-electron chi connectivity index (χ3n) is 0.123. The van der Waals surface area contributed by atoms with Crippen molar-refractivity contribution < 1.29 is 9.90 Å². The molecule has 0 aliphatic heterocycles. The van der Waals surface area contributed by atoms with Gasteiger partial charge in [0.25, 0.3) is 0 Å². The average Bonchev–Trinajstić information content (AvgIpc) is 1.38. The average molecular weight is 154 g/mol. The van der Waals surface area contributed by atoms with Gasteiger partial charge in [0, 0.05) is 0 Å². The summed E-state index contributed by atoms with van der Waals surface area (Å²) in [6.07, 6.45) is 0. The minimum atomic E-state index is -0.722. The fourth-order valence-electron chi connectivity index (χ4n) is 0. The van der Waals surface area contributed by atoms with Crippen LogP contribution in [0.15, 0.2) is 0 Å². The predicted molar refractivity (Wildman–Crippen MR) is 24.9 cm³/mol. The van der Waals surface area contributed by atoms with Gasteiger partial charge in [-0.25, -0.2) is 0 Å². The van der Waals surface area contributed by atoms with Crippen LogP contribution in [0.1, 0.15) is 0 Å². The number of carboxylic acid groups (broad SMARTS) is 1. The third kappa shape index (κ3) is 4.46. The molecule has 2 nitrogen and oxygen atoms in total. The molecule has 0 aliphatic rings. The first-order chi connectivity index (χ1) is 2.27. The predicted octanol–water partition coefficient (Wildman–Crippen LogP) is -0.109. The summed E-state index contributed by atoms with van der Waals surface area (Å²) in [5.41, 5.74) is 0. The van der Waals surface area contributed by atoms with Crippen molar-refractivity contribution in [2.75, 3.05) is 0 Å². The van der Waals surface area contributed by atoms with Gasteiger partial charge in [0.15, 0.2) is 0 Å². The number of carbonyl (C=O) groups is 1. The maximum absolute atomic E-state index is 9.40. The van der Waals surface area contributed by atoms with Crippen molar-refractivity contribution in [2.45, 2.75) is 0 Å². The van der Waals surface area contributed by atoms with E-state index in [9.17, 15) is 4.79 Å². The van der Waals surface area contributed by atoms with Gasteiger partial charge >= 0.3 is 37.8 Å². The molecule has 0 aromatic heterocycles. The van der Waals surface area contributed by atoms with Crippen LogP contribution in [0.4, 0.5) is 4.79 Å². The van der Waals surface area contributed by atoms with E-state index in [4.69, 9.17) is 5.11 Å². The summed E-state index contributed by atoms with van der Waals surface area (Å²) in [4.78, 5) is 9.40. The number of rotatable bonds is 1. The number of hydrogen-bond donors (Lipinski definition) is 1. The molecule has 0 bridgehead atoms. The molecule has 0 fully saturated rings. The van der Waals surface area contributed by atoms with Crippen molar-refractivity contribution >= 4 is 27.9 Å². The van der Waals surface area contributed by atoms with E-state index in [0.717, 1.165) is 0 Å². The second kappa shape index (κ2) is 2.68. The molecule has 0 amide bonds. The molecule has 0 heterocycles. The summed E-state index contributed by atoms with van der Waals surface area (Å²) in [7, 11) is 2.22. The van der Waals surface area contributed by atoms with E-state index < -0.39 is 20.1 Å². The summed E-state index contributed by atoms with van der Waals surface area (Å²) in [5.74, 6) is 0. The summed E-state index contributed by atoms with van der Waals surface area (Å²) >= 11 is -0.722. The Bertz CT molecular complexity index is 44.9. The zero-order valence-electron chi connectivity index (χ0n) is 2.43. The molecule has 30 valence electrons. The zero-order valence-corrected chi connectivity index (χ0v) is 5.69. The Balaban J connectivity index is 2.85. The Hall–Kier alpha value is 0.458. The van der Waals surface area contributed by atoms with Gasteiger partial charge in [-0.3, -0.25) is 0 Å². The van der Waals surface area contributed by atoms with Gasteiger partial charge in [-0.05, 0) is 0 Å². The Kier molecular flexibility index (Phi) is 2.93. The molecule has 0 saturated carbocycles. The minimum absolute atomic E-state index is 0.657. The first kappa shape index (κ1) is 5.46. The standard InChI is InChI=1S/CH4AsO2P/c3-1(4)2-5/h2H,5H2,(H,3,4). The Morgan fingerprint density at radius 1 is 2.00 bits per heavy atom. The fourth-order valence-corrected chi connectivity index (χ4v) is 0. The van der Waals surface area contributed by atoms with E-state index in [1.54, 1.807) is 0 Å². The molecular weight excluding hydrogens is 150 g/mol. The molecule has 2 atom stereocenters. The quantitative estimate of drug-likeness (QED) is 0.422. The van der Waals surface area contributed by atoms with Crippen LogP contribution < -0.4 is 0 Å². The van der Waals surface area contributed by atoms with Crippen LogP contribution in [0.3, 0.4) is 0 Å². The first-order valence-corrected chi connectivity index (χ1v) is 6.23. The van der Waals surface area contributed by atoms with E-state index in [1.165, 1.54) is 0 Å². The van der Waals surface area contributed by atoms with Crippen LogP contribution >= 0.6 is 7.80 Å². The summed E-state index contributed by atoms with van der Waals surface area (Å²) in [5, 5.41) is 7.76. The summed E-state index contributed by atoms with van der Waals surface area (Å²) in [6.45, 7) is 0. The molecule has 0 spiro atoms. The Labute approximate surface area is 38.4 Å². The van der Waals surface area contributed by atoms with Gasteiger partial charge < -0.3 is 0 Å². The van der Waals surface area contributed by atoms with Crippen LogP contribution in [0.25, 0.3) is 0 Å². The van der Waals surface area contributed by atoms with Crippen molar-refractivity contribution in [3.05, 3.63) is 0 Å². The second-order valence-electron chi connectivity index (χ2n) is 0.449. The zero-order chi connectivity index (χ0) is 4.28. The first-order valence-electron chi connectivity index (χ1n) is 0.966. The molecule has 1 N–H and O–H groups in total. The molecule has 0 aromatic rings. The summed E-state index contributed by atoms with van der Waals surface area (Å²) in [6, 6.07) is 0. The van der Waals surface area contributed by atoms with E-state index in [2.05, 4.69) is 7.80 Å². The van der Waals surface area contributed by atoms with Gasteiger partial charge in [-0.1, -0.05) is 0 Å². The molecule has 2 unspecified atom stereocenters. The molecule has 5 heavy (non-hydrogen) atoms. The normalized spacial score (nSPS) is 9.80.